The molecule has 0 aliphatic carbocycles. The number of hydrogen-bond donors (Lipinski definition) is 1. The Morgan fingerprint density at radius 1 is 1.07 bits per heavy atom. The summed E-state index contributed by atoms with van der Waals surface area (Å²) in [5, 5.41) is 2.18. The second-order valence-electron chi connectivity index (χ2n) is 6.06. The van der Waals surface area contributed by atoms with Gasteiger partial charge in [-0.05, 0) is 44.2 Å². The van der Waals surface area contributed by atoms with Crippen LogP contribution in [0.3, 0.4) is 0 Å². The third-order valence-corrected chi connectivity index (χ3v) is 4.07. The molecule has 1 aromatic carbocycles. The third-order valence-electron chi connectivity index (χ3n) is 4.07. The molecule has 0 spiro atoms. The SMILES string of the molecule is Cc1nc2ccc(C(=O)OCC(=O)NC(=O)c3cccn3C)cc2nc1C. The summed E-state index contributed by atoms with van der Waals surface area (Å²) in [6.07, 6.45) is 1.69. The Morgan fingerprint density at radius 2 is 1.78 bits per heavy atom. The van der Waals surface area contributed by atoms with E-state index in [1.807, 2.05) is 13.8 Å². The quantitative estimate of drug-likeness (QED) is 0.705. The van der Waals surface area contributed by atoms with Crippen molar-refractivity contribution in [1.29, 1.82) is 0 Å². The molecule has 0 bridgehead atoms. The predicted molar refractivity (Wildman–Crippen MR) is 97.2 cm³/mol. The molecule has 2 amide bonds. The van der Waals surface area contributed by atoms with Crippen LogP contribution in [0.4, 0.5) is 0 Å². The van der Waals surface area contributed by atoms with E-state index in [9.17, 15) is 14.4 Å². The lowest BCUT2D eigenvalue weighted by molar-refractivity contribution is -0.123. The zero-order valence-corrected chi connectivity index (χ0v) is 15.1. The number of benzene rings is 1. The molecule has 3 rings (SSSR count). The van der Waals surface area contributed by atoms with Gasteiger partial charge in [-0.25, -0.2) is 14.8 Å². The molecule has 0 saturated heterocycles. The highest BCUT2D eigenvalue weighted by atomic mass is 16.5. The fraction of sp³-hybridized carbons (Fsp3) is 0.211. The van der Waals surface area contributed by atoms with Crippen LogP contribution in [-0.4, -0.2) is 38.9 Å². The minimum Gasteiger partial charge on any atom is -0.452 e. The predicted octanol–water partition coefficient (Wildman–Crippen LogP) is 1.70. The van der Waals surface area contributed by atoms with E-state index in [-0.39, 0.29) is 5.56 Å². The molecule has 27 heavy (non-hydrogen) atoms. The van der Waals surface area contributed by atoms with Gasteiger partial charge in [-0.3, -0.25) is 14.9 Å². The number of ether oxygens (including phenoxy) is 1. The van der Waals surface area contributed by atoms with Crippen molar-refractivity contribution in [3.63, 3.8) is 0 Å². The summed E-state index contributed by atoms with van der Waals surface area (Å²) in [5.41, 5.74) is 3.40. The molecule has 0 aliphatic rings. The molecule has 0 unspecified atom stereocenters. The molecular weight excluding hydrogens is 348 g/mol. The largest absolute Gasteiger partial charge is 0.452 e. The smallest absolute Gasteiger partial charge is 0.338 e. The van der Waals surface area contributed by atoms with Gasteiger partial charge in [0.05, 0.1) is 28.0 Å². The lowest BCUT2D eigenvalue weighted by atomic mass is 10.2. The van der Waals surface area contributed by atoms with Crippen molar-refractivity contribution >= 4 is 28.8 Å². The number of rotatable bonds is 4. The summed E-state index contributed by atoms with van der Waals surface area (Å²) in [6.45, 7) is 3.13. The fourth-order valence-corrected chi connectivity index (χ4v) is 2.50. The maximum absolute atomic E-state index is 12.2. The maximum atomic E-state index is 12.2. The summed E-state index contributed by atoms with van der Waals surface area (Å²) in [5.74, 6) is -1.95. The molecule has 3 aromatic rings. The lowest BCUT2D eigenvalue weighted by Crippen LogP contribution is -2.35. The van der Waals surface area contributed by atoms with Gasteiger partial charge in [-0.1, -0.05) is 0 Å². The van der Waals surface area contributed by atoms with E-state index in [0.29, 0.717) is 16.7 Å². The number of nitrogens with one attached hydrogen (secondary N) is 1. The van der Waals surface area contributed by atoms with Crippen molar-refractivity contribution in [1.82, 2.24) is 19.9 Å². The Bertz CT molecular complexity index is 1060. The van der Waals surface area contributed by atoms with Gasteiger partial charge < -0.3 is 9.30 Å². The molecule has 0 saturated carbocycles. The molecule has 0 fully saturated rings. The van der Waals surface area contributed by atoms with E-state index in [0.717, 1.165) is 11.4 Å². The average molecular weight is 366 g/mol. The van der Waals surface area contributed by atoms with Crippen LogP contribution >= 0.6 is 0 Å². The highest BCUT2D eigenvalue weighted by Crippen LogP contribution is 2.15. The molecule has 2 aromatic heterocycles. The Morgan fingerprint density at radius 3 is 2.44 bits per heavy atom. The zero-order valence-electron chi connectivity index (χ0n) is 15.1. The highest BCUT2D eigenvalue weighted by Gasteiger charge is 2.16. The number of nitrogens with zero attached hydrogens (tertiary/aromatic N) is 3. The van der Waals surface area contributed by atoms with Crippen LogP contribution in [0.25, 0.3) is 11.0 Å². The van der Waals surface area contributed by atoms with E-state index in [2.05, 4.69) is 15.3 Å². The van der Waals surface area contributed by atoms with E-state index >= 15 is 0 Å². The van der Waals surface area contributed by atoms with Crippen molar-refractivity contribution < 1.29 is 19.1 Å². The minimum absolute atomic E-state index is 0.251. The summed E-state index contributed by atoms with van der Waals surface area (Å²) in [6, 6.07) is 8.05. The lowest BCUT2D eigenvalue weighted by Gasteiger charge is -2.07. The Balaban J connectivity index is 1.62. The Labute approximate surface area is 155 Å². The summed E-state index contributed by atoms with van der Waals surface area (Å²) < 4.78 is 6.56. The van der Waals surface area contributed by atoms with Gasteiger partial charge in [-0.15, -0.1) is 0 Å². The number of imide groups is 1. The third kappa shape index (κ3) is 4.00. The molecule has 0 aliphatic heterocycles. The number of carbonyl (C=O) groups excluding carboxylic acids is 3. The maximum Gasteiger partial charge on any atom is 0.338 e. The van der Waals surface area contributed by atoms with Gasteiger partial charge in [0.15, 0.2) is 6.61 Å². The summed E-state index contributed by atoms with van der Waals surface area (Å²) >= 11 is 0. The first kappa shape index (κ1) is 18.2. The molecule has 0 atom stereocenters. The van der Waals surface area contributed by atoms with Gasteiger partial charge in [0.25, 0.3) is 11.8 Å². The molecule has 138 valence electrons. The van der Waals surface area contributed by atoms with Crippen LogP contribution in [-0.2, 0) is 16.6 Å². The van der Waals surface area contributed by atoms with Gasteiger partial charge in [0, 0.05) is 13.2 Å². The Hall–Kier alpha value is -3.55. The van der Waals surface area contributed by atoms with Crippen LogP contribution in [0.1, 0.15) is 32.2 Å². The van der Waals surface area contributed by atoms with Crippen molar-refractivity contribution in [2.75, 3.05) is 6.61 Å². The van der Waals surface area contributed by atoms with Gasteiger partial charge >= 0.3 is 5.97 Å². The van der Waals surface area contributed by atoms with Gasteiger partial charge in [-0.2, -0.15) is 0 Å². The topological polar surface area (TPSA) is 103 Å². The van der Waals surface area contributed by atoms with Crippen LogP contribution < -0.4 is 5.32 Å². The first-order valence-electron chi connectivity index (χ1n) is 8.23. The molecule has 8 heteroatoms. The molecule has 2 heterocycles. The number of carbonyl (C=O) groups is 3. The van der Waals surface area contributed by atoms with Crippen LogP contribution in [0, 0.1) is 13.8 Å². The first-order chi connectivity index (χ1) is 12.8. The van der Waals surface area contributed by atoms with E-state index in [1.54, 1.807) is 48.1 Å². The second kappa shape index (κ2) is 7.36. The number of aromatic nitrogens is 3. The number of aryl methyl sites for hydroxylation is 3. The Kier molecular flexibility index (Phi) is 4.98. The normalized spacial score (nSPS) is 10.6. The molecule has 8 nitrogen and oxygen atoms in total. The van der Waals surface area contributed by atoms with Crippen molar-refractivity contribution in [3.05, 3.63) is 59.2 Å². The first-order valence-corrected chi connectivity index (χ1v) is 8.23. The molecule has 1 N–H and O–H groups in total. The van der Waals surface area contributed by atoms with E-state index in [1.165, 1.54) is 0 Å². The monoisotopic (exact) mass is 366 g/mol. The zero-order chi connectivity index (χ0) is 19.6. The van der Waals surface area contributed by atoms with Crippen molar-refractivity contribution in [2.24, 2.45) is 7.05 Å². The number of hydrogen-bond acceptors (Lipinski definition) is 6. The van der Waals surface area contributed by atoms with Crippen molar-refractivity contribution in [3.8, 4) is 0 Å². The minimum atomic E-state index is -0.707. The second-order valence-corrected chi connectivity index (χ2v) is 6.06. The summed E-state index contributed by atoms with van der Waals surface area (Å²) in [4.78, 5) is 44.8. The number of esters is 1. The average Bonchev–Trinajstić information content (AvgIpc) is 3.06. The van der Waals surface area contributed by atoms with Gasteiger partial charge in [0.2, 0.25) is 0 Å². The highest BCUT2D eigenvalue weighted by molar-refractivity contribution is 6.04. The van der Waals surface area contributed by atoms with Crippen LogP contribution in [0.15, 0.2) is 36.5 Å². The molecule has 0 radical (unpaired) electrons. The van der Waals surface area contributed by atoms with E-state index < -0.39 is 24.4 Å². The summed E-state index contributed by atoms with van der Waals surface area (Å²) in [7, 11) is 1.69. The van der Waals surface area contributed by atoms with Gasteiger partial charge in [0.1, 0.15) is 5.69 Å². The molecular formula is C19H18N4O4. The van der Waals surface area contributed by atoms with Crippen LogP contribution in [0.5, 0.6) is 0 Å². The van der Waals surface area contributed by atoms with Crippen molar-refractivity contribution in [2.45, 2.75) is 13.8 Å². The number of amides is 2. The van der Waals surface area contributed by atoms with E-state index in [4.69, 9.17) is 4.74 Å². The fourth-order valence-electron chi connectivity index (χ4n) is 2.50. The standard InChI is InChI=1S/C19H18N4O4/c1-11-12(2)21-15-9-13(6-7-14(15)20-11)19(26)27-10-17(24)22-18(25)16-5-4-8-23(16)3/h4-9H,10H2,1-3H3,(H,22,24,25). The number of fused-ring (bicyclic) bond motifs is 1. The van der Waals surface area contributed by atoms with Crippen LogP contribution in [0.2, 0.25) is 0 Å².